The van der Waals surface area contributed by atoms with Crippen molar-refractivity contribution in [3.05, 3.63) is 47.0 Å². The zero-order valence-electron chi connectivity index (χ0n) is 20.2. The molecule has 2 heterocycles. The number of halogens is 2. The molecule has 3 aromatic rings. The van der Waals surface area contributed by atoms with Crippen molar-refractivity contribution in [2.24, 2.45) is 0 Å². The Morgan fingerprint density at radius 1 is 1.23 bits per heavy atom. The molecule has 1 saturated heterocycles. The van der Waals surface area contributed by atoms with E-state index in [1.165, 1.54) is 11.3 Å². The van der Waals surface area contributed by atoms with Crippen molar-refractivity contribution in [1.82, 2.24) is 9.88 Å². The highest BCUT2D eigenvalue weighted by atomic mass is 35.5. The second-order valence-electron chi connectivity index (χ2n) is 8.38. The number of amides is 1. The van der Waals surface area contributed by atoms with Gasteiger partial charge >= 0.3 is 0 Å². The molecule has 2 aromatic carbocycles. The average Bonchev–Trinajstić information content (AvgIpc) is 3.29. The lowest BCUT2D eigenvalue weighted by atomic mass is 10.2. The number of ether oxygens (including phenoxy) is 2. The van der Waals surface area contributed by atoms with Crippen molar-refractivity contribution in [1.29, 1.82) is 0 Å². The first-order valence-corrected chi connectivity index (χ1v) is 13.6. The number of hydrogen-bond acceptors (Lipinski definition) is 7. The molecule has 6 nitrogen and oxygen atoms in total. The van der Waals surface area contributed by atoms with Crippen LogP contribution in [-0.4, -0.2) is 67.5 Å². The molecule has 1 aliphatic heterocycles. The van der Waals surface area contributed by atoms with Crippen LogP contribution in [0, 0.1) is 0 Å². The van der Waals surface area contributed by atoms with Crippen LogP contribution in [0.5, 0.6) is 5.75 Å². The molecular formula is C25H31Cl2N3O3S2. The Kier molecular flexibility index (Phi) is 10.5. The lowest BCUT2D eigenvalue weighted by molar-refractivity contribution is 0.0376. The van der Waals surface area contributed by atoms with Gasteiger partial charge in [-0.05, 0) is 42.8 Å². The fourth-order valence-corrected chi connectivity index (χ4v) is 6.00. The van der Waals surface area contributed by atoms with E-state index in [0.29, 0.717) is 38.8 Å². The van der Waals surface area contributed by atoms with E-state index in [-0.39, 0.29) is 18.3 Å². The Hall–Kier alpha value is -1.55. The Labute approximate surface area is 226 Å². The van der Waals surface area contributed by atoms with Gasteiger partial charge in [-0.25, -0.2) is 4.98 Å². The third kappa shape index (κ3) is 7.02. The highest BCUT2D eigenvalue weighted by Crippen LogP contribution is 2.39. The maximum Gasteiger partial charge on any atom is 0.260 e. The van der Waals surface area contributed by atoms with Gasteiger partial charge in [-0.1, -0.05) is 36.8 Å². The van der Waals surface area contributed by atoms with E-state index in [1.54, 1.807) is 29.8 Å². The normalized spacial score (nSPS) is 14.2. The first-order valence-electron chi connectivity index (χ1n) is 11.5. The smallest absolute Gasteiger partial charge is 0.260 e. The van der Waals surface area contributed by atoms with Crippen LogP contribution in [0.25, 0.3) is 10.2 Å². The molecule has 1 aromatic heterocycles. The van der Waals surface area contributed by atoms with E-state index in [2.05, 4.69) is 18.7 Å². The molecule has 10 heteroatoms. The van der Waals surface area contributed by atoms with Gasteiger partial charge in [0.05, 0.1) is 30.0 Å². The first kappa shape index (κ1) is 28.0. The summed E-state index contributed by atoms with van der Waals surface area (Å²) in [7, 11) is 1.61. The minimum Gasteiger partial charge on any atom is -0.494 e. The van der Waals surface area contributed by atoms with Crippen LogP contribution in [0.2, 0.25) is 5.02 Å². The molecule has 35 heavy (non-hydrogen) atoms. The van der Waals surface area contributed by atoms with Crippen LogP contribution in [0.1, 0.15) is 30.6 Å². The third-order valence-corrected chi connectivity index (χ3v) is 8.13. The Bertz CT molecular complexity index is 1120. The number of hydrogen-bond donors (Lipinski definition) is 0. The number of nitrogens with zero attached hydrogens (tertiary/aromatic N) is 3. The van der Waals surface area contributed by atoms with Crippen molar-refractivity contribution >= 4 is 68.4 Å². The van der Waals surface area contributed by atoms with Crippen LogP contribution in [0.4, 0.5) is 5.13 Å². The summed E-state index contributed by atoms with van der Waals surface area (Å²) in [6, 6.07) is 11.5. The molecule has 4 rings (SSSR count). The van der Waals surface area contributed by atoms with Gasteiger partial charge in [0.1, 0.15) is 11.3 Å². The summed E-state index contributed by atoms with van der Waals surface area (Å²) < 4.78 is 11.8. The second-order valence-corrected chi connectivity index (χ2v) is 11.4. The van der Waals surface area contributed by atoms with Gasteiger partial charge in [0.25, 0.3) is 5.91 Å². The summed E-state index contributed by atoms with van der Waals surface area (Å²) in [6.07, 6.45) is 0.841. The zero-order valence-corrected chi connectivity index (χ0v) is 23.4. The van der Waals surface area contributed by atoms with Gasteiger partial charge in [0.2, 0.25) is 0 Å². The molecule has 0 spiro atoms. The summed E-state index contributed by atoms with van der Waals surface area (Å²) in [4.78, 5) is 23.8. The topological polar surface area (TPSA) is 54.9 Å². The SMILES string of the molecule is COc1ccc(Cl)c2sc(N(CCCN3CCOCC3)C(=O)c3ccc(SC(C)C)cc3)nc12.Cl. The van der Waals surface area contributed by atoms with Gasteiger partial charge in [0, 0.05) is 41.9 Å². The monoisotopic (exact) mass is 555 g/mol. The molecule has 1 fully saturated rings. The summed E-state index contributed by atoms with van der Waals surface area (Å²) in [5.41, 5.74) is 1.33. The van der Waals surface area contributed by atoms with E-state index in [4.69, 9.17) is 26.1 Å². The van der Waals surface area contributed by atoms with Crippen molar-refractivity contribution in [2.75, 3.05) is 51.4 Å². The fraction of sp³-hybridized carbons (Fsp3) is 0.440. The minimum atomic E-state index is -0.0581. The largest absolute Gasteiger partial charge is 0.494 e. The van der Waals surface area contributed by atoms with Crippen molar-refractivity contribution in [3.63, 3.8) is 0 Å². The maximum atomic E-state index is 13.7. The molecule has 0 bridgehead atoms. The number of anilines is 1. The second kappa shape index (κ2) is 13.1. The molecule has 1 aliphatic rings. The average molecular weight is 557 g/mol. The molecule has 0 radical (unpaired) electrons. The van der Waals surface area contributed by atoms with Crippen LogP contribution in [0.3, 0.4) is 0 Å². The van der Waals surface area contributed by atoms with E-state index < -0.39 is 0 Å². The number of rotatable bonds is 9. The van der Waals surface area contributed by atoms with Crippen molar-refractivity contribution in [3.8, 4) is 5.75 Å². The lowest BCUT2D eigenvalue weighted by Crippen LogP contribution is -2.39. The molecule has 0 aliphatic carbocycles. The molecule has 190 valence electrons. The van der Waals surface area contributed by atoms with E-state index in [1.807, 2.05) is 30.3 Å². The van der Waals surface area contributed by atoms with Crippen LogP contribution >= 0.6 is 47.1 Å². The van der Waals surface area contributed by atoms with Gasteiger partial charge in [0.15, 0.2) is 5.13 Å². The molecule has 0 atom stereocenters. The summed E-state index contributed by atoms with van der Waals surface area (Å²) in [6.45, 7) is 9.18. The maximum absolute atomic E-state index is 13.7. The first-order chi connectivity index (χ1) is 16.5. The summed E-state index contributed by atoms with van der Waals surface area (Å²) in [5.74, 6) is 0.592. The summed E-state index contributed by atoms with van der Waals surface area (Å²) in [5, 5.41) is 1.73. The van der Waals surface area contributed by atoms with Gasteiger partial charge in [-0.2, -0.15) is 0 Å². The fourth-order valence-electron chi connectivity index (χ4n) is 3.89. The Morgan fingerprint density at radius 2 is 1.94 bits per heavy atom. The van der Waals surface area contributed by atoms with Gasteiger partial charge in [-0.3, -0.25) is 14.6 Å². The molecule has 0 saturated carbocycles. The standard InChI is InChI=1S/C25H30ClN3O3S2.ClH/c1-17(2)33-19-7-5-18(6-8-19)24(30)29(12-4-11-28-13-15-32-16-14-28)25-27-22-21(31-3)10-9-20(26)23(22)34-25;/h5-10,17H,4,11-16H2,1-3H3;1H. The van der Waals surface area contributed by atoms with Crippen LogP contribution < -0.4 is 9.64 Å². The number of aromatic nitrogens is 1. The van der Waals surface area contributed by atoms with Gasteiger partial charge < -0.3 is 9.47 Å². The number of carbonyl (C=O) groups is 1. The number of benzene rings is 2. The number of carbonyl (C=O) groups excluding carboxylic acids is 1. The quantitative estimate of drug-likeness (QED) is 0.291. The number of thiazole rings is 1. The Balaban J connectivity index is 0.00000342. The van der Waals surface area contributed by atoms with E-state index in [0.717, 1.165) is 48.9 Å². The van der Waals surface area contributed by atoms with Crippen molar-refractivity contribution < 1.29 is 14.3 Å². The zero-order chi connectivity index (χ0) is 24.1. The number of methoxy groups -OCH3 is 1. The predicted octanol–water partition coefficient (Wildman–Crippen LogP) is 6.25. The number of morpholine rings is 1. The molecular weight excluding hydrogens is 525 g/mol. The number of thioether (sulfide) groups is 1. The highest BCUT2D eigenvalue weighted by molar-refractivity contribution is 7.99. The van der Waals surface area contributed by atoms with Crippen molar-refractivity contribution in [2.45, 2.75) is 30.4 Å². The third-order valence-electron chi connectivity index (χ3n) is 5.58. The molecule has 1 amide bonds. The van der Waals surface area contributed by atoms with Crippen LogP contribution in [0.15, 0.2) is 41.3 Å². The van der Waals surface area contributed by atoms with E-state index >= 15 is 0 Å². The lowest BCUT2D eigenvalue weighted by Gasteiger charge is -2.27. The Morgan fingerprint density at radius 3 is 2.60 bits per heavy atom. The predicted molar refractivity (Wildman–Crippen MR) is 149 cm³/mol. The number of fused-ring (bicyclic) bond motifs is 1. The van der Waals surface area contributed by atoms with Crippen LogP contribution in [-0.2, 0) is 4.74 Å². The minimum absolute atomic E-state index is 0. The molecule has 0 N–H and O–H groups in total. The summed E-state index contributed by atoms with van der Waals surface area (Å²) >= 11 is 9.66. The van der Waals surface area contributed by atoms with Gasteiger partial charge in [-0.15, -0.1) is 24.2 Å². The molecule has 0 unspecified atom stereocenters. The highest BCUT2D eigenvalue weighted by Gasteiger charge is 2.23. The van der Waals surface area contributed by atoms with E-state index in [9.17, 15) is 4.79 Å².